The summed E-state index contributed by atoms with van der Waals surface area (Å²) in [7, 11) is 1.49. The van der Waals surface area contributed by atoms with E-state index in [4.69, 9.17) is 4.74 Å². The first kappa shape index (κ1) is 18.3. The molecule has 1 aliphatic carbocycles. The predicted molar refractivity (Wildman–Crippen MR) is 92.0 cm³/mol. The van der Waals surface area contributed by atoms with Gasteiger partial charge in [-0.25, -0.2) is 0 Å². The van der Waals surface area contributed by atoms with Gasteiger partial charge in [0.25, 0.3) is 0 Å². The van der Waals surface area contributed by atoms with Crippen LogP contribution < -0.4 is 0 Å². The Morgan fingerprint density at radius 3 is 2.38 bits per heavy atom. The van der Waals surface area contributed by atoms with Gasteiger partial charge in [-0.3, -0.25) is 4.79 Å². The Balaban J connectivity index is 2.81. The fourth-order valence-electron chi connectivity index (χ4n) is 2.89. The molecule has 0 aliphatic heterocycles. The molecule has 1 fully saturated rings. The second kappa shape index (κ2) is 8.07. The maximum atomic E-state index is 11.7. The molecule has 2 atom stereocenters. The number of hydrogen-bond donors (Lipinski definition) is 0. The minimum atomic E-state index is -0.0413. The van der Waals surface area contributed by atoms with Crippen molar-refractivity contribution in [2.75, 3.05) is 7.11 Å². The molecular formula is C18H30O2S. The van der Waals surface area contributed by atoms with Gasteiger partial charge >= 0.3 is 5.97 Å². The van der Waals surface area contributed by atoms with Gasteiger partial charge in [0.1, 0.15) is 0 Å². The van der Waals surface area contributed by atoms with E-state index in [9.17, 15) is 4.79 Å². The topological polar surface area (TPSA) is 26.3 Å². The third-order valence-electron chi connectivity index (χ3n) is 4.00. The van der Waals surface area contributed by atoms with E-state index in [1.54, 1.807) is 0 Å². The van der Waals surface area contributed by atoms with Crippen molar-refractivity contribution in [3.8, 4) is 0 Å². The minimum Gasteiger partial charge on any atom is -0.469 e. The highest BCUT2D eigenvalue weighted by Gasteiger charge is 2.33. The van der Waals surface area contributed by atoms with Crippen molar-refractivity contribution in [1.82, 2.24) is 0 Å². The first-order valence-corrected chi connectivity index (χ1v) is 8.77. The number of carbonyl (C=O) groups is 1. The smallest absolute Gasteiger partial charge is 0.308 e. The van der Waals surface area contributed by atoms with Gasteiger partial charge in [-0.05, 0) is 53.8 Å². The van der Waals surface area contributed by atoms with E-state index in [0.717, 1.165) is 25.7 Å². The molecule has 0 aromatic heterocycles. The Labute approximate surface area is 134 Å². The Morgan fingerprint density at radius 1 is 1.29 bits per heavy atom. The zero-order chi connectivity index (χ0) is 16.0. The maximum Gasteiger partial charge on any atom is 0.308 e. The molecule has 0 saturated heterocycles. The third-order valence-corrected chi connectivity index (χ3v) is 5.81. The molecule has 21 heavy (non-hydrogen) atoms. The predicted octanol–water partition coefficient (Wildman–Crippen LogP) is 5.55. The number of hydrogen-bond acceptors (Lipinski definition) is 3. The Bertz CT molecular complexity index is 415. The number of allylic oxidation sites excluding steroid dienone is 4. The molecule has 0 spiro atoms. The van der Waals surface area contributed by atoms with Crippen LogP contribution in [0.4, 0.5) is 0 Å². The quantitative estimate of drug-likeness (QED) is 0.622. The molecule has 0 N–H and O–H groups in total. The highest BCUT2D eigenvalue weighted by atomic mass is 32.2. The second-order valence-electron chi connectivity index (χ2n) is 6.75. The van der Waals surface area contributed by atoms with Gasteiger partial charge in [-0.1, -0.05) is 51.6 Å². The minimum absolute atomic E-state index is 0.0413. The molecule has 1 aliphatic rings. The molecule has 0 aromatic carbocycles. The van der Waals surface area contributed by atoms with Crippen LogP contribution in [0.3, 0.4) is 0 Å². The van der Waals surface area contributed by atoms with E-state index in [1.807, 2.05) is 11.8 Å². The van der Waals surface area contributed by atoms with Gasteiger partial charge < -0.3 is 4.74 Å². The van der Waals surface area contributed by atoms with Crippen LogP contribution in [0.2, 0.25) is 0 Å². The molecule has 0 radical (unpaired) electrons. The molecule has 2 nitrogen and oxygen atoms in total. The van der Waals surface area contributed by atoms with E-state index in [-0.39, 0.29) is 17.3 Å². The van der Waals surface area contributed by atoms with Crippen molar-refractivity contribution in [1.29, 1.82) is 0 Å². The van der Waals surface area contributed by atoms with E-state index in [2.05, 4.69) is 46.8 Å². The molecule has 0 bridgehead atoms. The maximum absolute atomic E-state index is 11.7. The average Bonchev–Trinajstić information content (AvgIpc) is 2.90. The molecule has 1 saturated carbocycles. The highest BCUT2D eigenvalue weighted by Crippen LogP contribution is 2.46. The van der Waals surface area contributed by atoms with Crippen LogP contribution in [0.5, 0.6) is 0 Å². The van der Waals surface area contributed by atoms with Gasteiger partial charge in [-0.15, -0.1) is 0 Å². The van der Waals surface area contributed by atoms with Crippen molar-refractivity contribution >= 4 is 17.7 Å². The third kappa shape index (κ3) is 5.21. The molecule has 0 heterocycles. The van der Waals surface area contributed by atoms with Crippen molar-refractivity contribution in [2.45, 2.75) is 60.3 Å². The van der Waals surface area contributed by atoms with Gasteiger partial charge in [0.2, 0.25) is 0 Å². The fourth-order valence-corrected chi connectivity index (χ4v) is 4.19. The second-order valence-corrected chi connectivity index (χ2v) is 7.87. The van der Waals surface area contributed by atoms with Crippen LogP contribution in [0.15, 0.2) is 22.0 Å². The summed E-state index contributed by atoms with van der Waals surface area (Å²) in [5.41, 5.74) is 0.173. The summed E-state index contributed by atoms with van der Waals surface area (Å²) in [5, 5.41) is 0. The molecule has 3 heteroatoms. The van der Waals surface area contributed by atoms with E-state index >= 15 is 0 Å². The highest BCUT2D eigenvalue weighted by molar-refractivity contribution is 8.06. The van der Waals surface area contributed by atoms with Gasteiger partial charge in [0.15, 0.2) is 0 Å². The summed E-state index contributed by atoms with van der Waals surface area (Å²) in [6.07, 6.45) is 8.60. The lowest BCUT2D eigenvalue weighted by Crippen LogP contribution is -2.13. The zero-order valence-electron chi connectivity index (χ0n) is 14.4. The van der Waals surface area contributed by atoms with Crippen molar-refractivity contribution in [3.63, 3.8) is 0 Å². The number of ether oxygens (including phenoxy) is 1. The summed E-state index contributed by atoms with van der Waals surface area (Å²) >= 11 is 1.91. The zero-order valence-corrected chi connectivity index (χ0v) is 15.2. The summed E-state index contributed by atoms with van der Waals surface area (Å²) < 4.78 is 4.90. The lowest BCUT2D eigenvalue weighted by molar-refractivity contribution is -0.145. The van der Waals surface area contributed by atoms with Crippen molar-refractivity contribution < 1.29 is 9.53 Å². The van der Waals surface area contributed by atoms with Crippen LogP contribution in [-0.4, -0.2) is 13.1 Å². The van der Waals surface area contributed by atoms with Gasteiger partial charge in [0.05, 0.1) is 13.0 Å². The van der Waals surface area contributed by atoms with E-state index in [1.165, 1.54) is 16.9 Å². The Morgan fingerprint density at radius 2 is 1.90 bits per heavy atom. The van der Waals surface area contributed by atoms with E-state index < -0.39 is 0 Å². The number of carbonyl (C=O) groups excluding carboxylic acids is 1. The van der Waals surface area contributed by atoms with E-state index in [0.29, 0.717) is 5.92 Å². The number of thioether (sulfide) groups is 1. The average molecular weight is 311 g/mol. The molecular weight excluding hydrogens is 280 g/mol. The van der Waals surface area contributed by atoms with Crippen LogP contribution in [-0.2, 0) is 9.53 Å². The Hall–Kier alpha value is -0.700. The van der Waals surface area contributed by atoms with Gasteiger partial charge in [0, 0.05) is 0 Å². The first-order chi connectivity index (χ1) is 9.83. The lowest BCUT2D eigenvalue weighted by Gasteiger charge is -2.25. The summed E-state index contributed by atoms with van der Waals surface area (Å²) in [5.74, 6) is 0.557. The largest absolute Gasteiger partial charge is 0.469 e. The number of esters is 1. The standard InChI is InChI=1S/C18H30O2S/c1-7-9-15(21-16(8-2)18(3,4)5)13-10-11-14(12-13)17(19)20-6/h8-9,13-14H,7,10-12H2,1-6H3/b15-9+,16-8-. The van der Waals surface area contributed by atoms with Crippen LogP contribution in [0.25, 0.3) is 0 Å². The monoisotopic (exact) mass is 310 g/mol. The Kier molecular flexibility index (Phi) is 7.05. The van der Waals surface area contributed by atoms with Crippen LogP contribution in [0, 0.1) is 17.3 Å². The molecule has 0 aromatic rings. The number of methoxy groups -OCH3 is 1. The van der Waals surface area contributed by atoms with Gasteiger partial charge in [-0.2, -0.15) is 0 Å². The SMILES string of the molecule is C/C=C(\S/C(=C/CC)C1CCC(C(=O)OC)C1)C(C)(C)C. The number of rotatable bonds is 5. The lowest BCUT2D eigenvalue weighted by atomic mass is 9.96. The van der Waals surface area contributed by atoms with Crippen LogP contribution >= 0.6 is 11.8 Å². The molecule has 120 valence electrons. The summed E-state index contributed by atoms with van der Waals surface area (Å²) in [6.45, 7) is 11.1. The molecule has 1 rings (SSSR count). The summed E-state index contributed by atoms with van der Waals surface area (Å²) in [6, 6.07) is 0. The van der Waals surface area contributed by atoms with Crippen molar-refractivity contribution in [3.05, 3.63) is 22.0 Å². The molecule has 2 unspecified atom stereocenters. The fraction of sp³-hybridized carbons (Fsp3) is 0.722. The van der Waals surface area contributed by atoms with Crippen molar-refractivity contribution in [2.24, 2.45) is 17.3 Å². The normalized spacial score (nSPS) is 24.3. The van der Waals surface area contributed by atoms with Crippen LogP contribution in [0.1, 0.15) is 60.3 Å². The summed E-state index contributed by atoms with van der Waals surface area (Å²) in [4.78, 5) is 14.6. The molecule has 0 amide bonds. The first-order valence-electron chi connectivity index (χ1n) is 7.96.